The molecule has 0 aliphatic carbocycles. The smallest absolute Gasteiger partial charge is 0.251 e. The van der Waals surface area contributed by atoms with E-state index in [0.29, 0.717) is 17.8 Å². The number of hydrogen-bond donors (Lipinski definition) is 1. The highest BCUT2D eigenvalue weighted by molar-refractivity contribution is 5.99. The molecule has 2 amide bonds. The van der Waals surface area contributed by atoms with Gasteiger partial charge in [0, 0.05) is 24.2 Å². The van der Waals surface area contributed by atoms with Crippen molar-refractivity contribution in [1.82, 2.24) is 5.32 Å². The van der Waals surface area contributed by atoms with Gasteiger partial charge in [-0.25, -0.2) is 4.39 Å². The summed E-state index contributed by atoms with van der Waals surface area (Å²) in [7, 11) is 0. The lowest BCUT2D eigenvalue weighted by Crippen LogP contribution is -2.37. The number of amides is 2. The molecule has 0 spiro atoms. The average molecular weight is 374 g/mol. The summed E-state index contributed by atoms with van der Waals surface area (Å²) in [4.78, 5) is 26.3. The van der Waals surface area contributed by atoms with Gasteiger partial charge in [-0.1, -0.05) is 48.5 Å². The zero-order valence-corrected chi connectivity index (χ0v) is 15.1. The number of rotatable bonds is 4. The summed E-state index contributed by atoms with van der Waals surface area (Å²) in [5.41, 5.74) is 3.16. The third kappa shape index (κ3) is 3.78. The summed E-state index contributed by atoms with van der Waals surface area (Å²) in [6.07, 6.45) is 0.199. The van der Waals surface area contributed by atoms with Gasteiger partial charge in [-0.05, 0) is 41.5 Å². The minimum atomic E-state index is -0.392. The van der Waals surface area contributed by atoms with Crippen LogP contribution in [0.2, 0.25) is 0 Å². The molecule has 0 radical (unpaired) electrons. The minimum Gasteiger partial charge on any atom is -0.347 e. The molecule has 0 saturated carbocycles. The molecule has 1 N–H and O–H groups in total. The van der Waals surface area contributed by atoms with Crippen LogP contribution in [0, 0.1) is 5.82 Å². The molecule has 1 unspecified atom stereocenters. The van der Waals surface area contributed by atoms with Crippen molar-refractivity contribution in [3.63, 3.8) is 0 Å². The molecule has 1 heterocycles. The molecule has 1 atom stereocenters. The van der Waals surface area contributed by atoms with E-state index in [9.17, 15) is 14.0 Å². The largest absolute Gasteiger partial charge is 0.347 e. The highest BCUT2D eigenvalue weighted by Gasteiger charge is 2.31. The summed E-state index contributed by atoms with van der Waals surface area (Å²) in [6, 6.07) is 22.9. The first-order valence-corrected chi connectivity index (χ1v) is 9.12. The van der Waals surface area contributed by atoms with Crippen LogP contribution in [-0.4, -0.2) is 24.4 Å². The third-order valence-corrected chi connectivity index (χ3v) is 4.83. The number of nitrogens with one attached hydrogen (secondary N) is 1. The lowest BCUT2D eigenvalue weighted by atomic mass is 10.0. The Kier molecular flexibility index (Phi) is 4.89. The lowest BCUT2D eigenvalue weighted by molar-refractivity contribution is -0.117. The summed E-state index contributed by atoms with van der Waals surface area (Å²) in [6.45, 7) is 0.329. The van der Waals surface area contributed by atoms with Crippen LogP contribution >= 0.6 is 0 Å². The summed E-state index contributed by atoms with van der Waals surface area (Å²) >= 11 is 0. The third-order valence-electron chi connectivity index (χ3n) is 4.83. The number of carbonyl (C=O) groups is 2. The van der Waals surface area contributed by atoms with Crippen LogP contribution in [0.4, 0.5) is 10.1 Å². The molecule has 0 aromatic heterocycles. The standard InChI is InChI=1S/C23H19FN2O2/c24-19-7-4-8-21(13-19)26-15-20(14-22(26)27)25-23(28)18-11-9-17(10-12-18)16-5-2-1-3-6-16/h1-13,20H,14-15H2,(H,25,28). The Morgan fingerprint density at radius 3 is 2.36 bits per heavy atom. The van der Waals surface area contributed by atoms with Crippen LogP contribution in [0.15, 0.2) is 78.9 Å². The van der Waals surface area contributed by atoms with Gasteiger partial charge in [-0.3, -0.25) is 9.59 Å². The van der Waals surface area contributed by atoms with Gasteiger partial charge in [0.05, 0.1) is 6.04 Å². The SMILES string of the molecule is O=C(NC1CC(=O)N(c2cccc(F)c2)C1)c1ccc(-c2ccccc2)cc1. The molecule has 1 aliphatic heterocycles. The minimum absolute atomic E-state index is 0.129. The Balaban J connectivity index is 1.42. The van der Waals surface area contributed by atoms with Crippen molar-refractivity contribution in [3.05, 3.63) is 90.2 Å². The fourth-order valence-electron chi connectivity index (χ4n) is 3.41. The molecule has 0 bridgehead atoms. The Hall–Kier alpha value is -3.47. The molecule has 1 aliphatic rings. The first-order chi connectivity index (χ1) is 13.6. The van der Waals surface area contributed by atoms with Crippen molar-refractivity contribution in [1.29, 1.82) is 0 Å². The molecule has 3 aromatic rings. The molecular weight excluding hydrogens is 355 g/mol. The van der Waals surface area contributed by atoms with E-state index in [1.54, 1.807) is 24.3 Å². The lowest BCUT2D eigenvalue weighted by Gasteiger charge is -2.17. The number of hydrogen-bond acceptors (Lipinski definition) is 2. The van der Waals surface area contributed by atoms with E-state index in [0.717, 1.165) is 11.1 Å². The normalized spacial score (nSPS) is 16.2. The average Bonchev–Trinajstić information content (AvgIpc) is 3.09. The molecule has 1 saturated heterocycles. The molecule has 28 heavy (non-hydrogen) atoms. The second-order valence-electron chi connectivity index (χ2n) is 6.80. The maximum atomic E-state index is 13.4. The van der Waals surface area contributed by atoms with Gasteiger partial charge < -0.3 is 10.2 Å². The summed E-state index contributed by atoms with van der Waals surface area (Å²) in [5, 5.41) is 2.90. The van der Waals surface area contributed by atoms with Crippen molar-refractivity contribution < 1.29 is 14.0 Å². The van der Waals surface area contributed by atoms with Crippen LogP contribution in [0.25, 0.3) is 11.1 Å². The van der Waals surface area contributed by atoms with Gasteiger partial charge in [-0.15, -0.1) is 0 Å². The highest BCUT2D eigenvalue weighted by Crippen LogP contribution is 2.23. The molecule has 140 valence electrons. The maximum Gasteiger partial charge on any atom is 0.251 e. The number of anilines is 1. The fourth-order valence-corrected chi connectivity index (χ4v) is 3.41. The van der Waals surface area contributed by atoms with E-state index in [2.05, 4.69) is 5.32 Å². The van der Waals surface area contributed by atoms with Gasteiger partial charge in [0.25, 0.3) is 5.91 Å². The molecule has 4 nitrogen and oxygen atoms in total. The van der Waals surface area contributed by atoms with Crippen LogP contribution < -0.4 is 10.2 Å². The van der Waals surface area contributed by atoms with E-state index in [4.69, 9.17) is 0 Å². The van der Waals surface area contributed by atoms with Crippen molar-refractivity contribution >= 4 is 17.5 Å². The van der Waals surface area contributed by atoms with Crippen molar-refractivity contribution in [2.45, 2.75) is 12.5 Å². The number of nitrogens with zero attached hydrogens (tertiary/aromatic N) is 1. The first kappa shape index (κ1) is 17.9. The van der Waals surface area contributed by atoms with Gasteiger partial charge in [-0.2, -0.15) is 0 Å². The van der Waals surface area contributed by atoms with Crippen molar-refractivity contribution in [2.75, 3.05) is 11.4 Å². The number of halogens is 1. The summed E-state index contributed by atoms with van der Waals surface area (Å²) < 4.78 is 13.4. The maximum absolute atomic E-state index is 13.4. The number of carbonyl (C=O) groups excluding carboxylic acids is 2. The highest BCUT2D eigenvalue weighted by atomic mass is 19.1. The van der Waals surface area contributed by atoms with E-state index in [-0.39, 0.29) is 24.3 Å². The molecule has 5 heteroatoms. The first-order valence-electron chi connectivity index (χ1n) is 9.12. The molecule has 3 aromatic carbocycles. The second-order valence-corrected chi connectivity index (χ2v) is 6.80. The van der Waals surface area contributed by atoms with Gasteiger partial charge >= 0.3 is 0 Å². The second kappa shape index (κ2) is 7.64. The predicted molar refractivity (Wildman–Crippen MR) is 107 cm³/mol. The van der Waals surface area contributed by atoms with Gasteiger partial charge in [0.15, 0.2) is 0 Å². The Bertz CT molecular complexity index is 1000. The van der Waals surface area contributed by atoms with E-state index >= 15 is 0 Å². The van der Waals surface area contributed by atoms with Gasteiger partial charge in [0.1, 0.15) is 5.82 Å². The van der Waals surface area contributed by atoms with Crippen molar-refractivity contribution in [3.8, 4) is 11.1 Å². The predicted octanol–water partition coefficient (Wildman–Crippen LogP) is 4.03. The Labute approximate surface area is 162 Å². The Morgan fingerprint density at radius 2 is 1.64 bits per heavy atom. The van der Waals surface area contributed by atoms with Crippen molar-refractivity contribution in [2.24, 2.45) is 0 Å². The zero-order valence-electron chi connectivity index (χ0n) is 15.1. The molecule has 1 fully saturated rings. The van der Waals surface area contributed by atoms with E-state index < -0.39 is 5.82 Å². The Morgan fingerprint density at radius 1 is 0.929 bits per heavy atom. The van der Waals surface area contributed by atoms with Crippen LogP contribution in [0.1, 0.15) is 16.8 Å². The quantitative estimate of drug-likeness (QED) is 0.750. The van der Waals surface area contributed by atoms with E-state index in [1.165, 1.54) is 17.0 Å². The fraction of sp³-hybridized carbons (Fsp3) is 0.130. The number of benzene rings is 3. The topological polar surface area (TPSA) is 49.4 Å². The van der Waals surface area contributed by atoms with E-state index in [1.807, 2.05) is 42.5 Å². The van der Waals surface area contributed by atoms with Gasteiger partial charge in [0.2, 0.25) is 5.91 Å². The van der Waals surface area contributed by atoms with Crippen LogP contribution in [-0.2, 0) is 4.79 Å². The van der Waals surface area contributed by atoms with Crippen LogP contribution in [0.3, 0.4) is 0 Å². The molecular formula is C23H19FN2O2. The zero-order chi connectivity index (χ0) is 19.5. The van der Waals surface area contributed by atoms with Crippen LogP contribution in [0.5, 0.6) is 0 Å². The summed E-state index contributed by atoms with van der Waals surface area (Å²) in [5.74, 6) is -0.745. The monoisotopic (exact) mass is 374 g/mol. The molecule has 4 rings (SSSR count).